The van der Waals surface area contributed by atoms with Crippen LogP contribution < -0.4 is 9.46 Å². The molecule has 10 heteroatoms. The average Bonchev–Trinajstić information content (AvgIpc) is 2.55. The van der Waals surface area contributed by atoms with Gasteiger partial charge in [-0.25, -0.2) is 8.42 Å². The number of nitro benzene ring substituents is 1. The number of fused-ring (bicyclic) bond motifs is 1. The van der Waals surface area contributed by atoms with Crippen molar-refractivity contribution in [2.24, 2.45) is 0 Å². The molecule has 8 nitrogen and oxygen atoms in total. The number of halogens is 1. The predicted octanol–water partition coefficient (Wildman–Crippen LogP) is 2.86. The lowest BCUT2D eigenvalue weighted by molar-refractivity contribution is -0.384. The summed E-state index contributed by atoms with van der Waals surface area (Å²) >= 11 is 5.71. The van der Waals surface area contributed by atoms with Gasteiger partial charge >= 0.3 is 0 Å². The second-order valence-corrected chi connectivity index (χ2v) is 7.44. The van der Waals surface area contributed by atoms with Crippen molar-refractivity contribution < 1.29 is 23.2 Å². The van der Waals surface area contributed by atoms with Crippen molar-refractivity contribution >= 4 is 33.0 Å². The molecule has 2 aromatic rings. The molecule has 0 spiro atoms. The Labute approximate surface area is 148 Å². The van der Waals surface area contributed by atoms with Gasteiger partial charge in [-0.2, -0.15) is 0 Å². The normalized spacial score (nSPS) is 16.6. The summed E-state index contributed by atoms with van der Waals surface area (Å²) in [6.07, 6.45) is -0.336. The molecule has 0 saturated heterocycles. The number of aliphatic hydroxyl groups is 1. The highest BCUT2D eigenvalue weighted by atomic mass is 35.5. The third-order valence-electron chi connectivity index (χ3n) is 3.71. The lowest BCUT2D eigenvalue weighted by atomic mass is 10.0. The highest BCUT2D eigenvalue weighted by Crippen LogP contribution is 2.39. The number of anilines is 1. The monoisotopic (exact) mass is 384 g/mol. The Morgan fingerprint density at radius 3 is 2.80 bits per heavy atom. The van der Waals surface area contributed by atoms with Gasteiger partial charge in [-0.3, -0.25) is 14.8 Å². The lowest BCUT2D eigenvalue weighted by Crippen LogP contribution is -2.18. The standard InChI is InChI=1S/C15H13ClN2O6S/c16-11-5-4-9(8-13(11)18(20)21)25(22,23)17-12-3-1-2-10-14(19)6-7-24-15(10)12/h1-5,8,14,17,19H,6-7H2. The highest BCUT2D eigenvalue weighted by molar-refractivity contribution is 7.92. The summed E-state index contributed by atoms with van der Waals surface area (Å²) in [5.41, 5.74) is 0.119. The van der Waals surface area contributed by atoms with Gasteiger partial charge in [0.2, 0.25) is 0 Å². The van der Waals surface area contributed by atoms with E-state index >= 15 is 0 Å². The van der Waals surface area contributed by atoms with Crippen molar-refractivity contribution in [1.82, 2.24) is 0 Å². The molecule has 1 heterocycles. The smallest absolute Gasteiger partial charge is 0.289 e. The van der Waals surface area contributed by atoms with Crippen molar-refractivity contribution in [3.8, 4) is 5.75 Å². The summed E-state index contributed by atoms with van der Waals surface area (Å²) in [6, 6.07) is 7.91. The molecule has 0 saturated carbocycles. The molecular formula is C15H13ClN2O6S. The van der Waals surface area contributed by atoms with Crippen molar-refractivity contribution in [1.29, 1.82) is 0 Å². The number of aliphatic hydroxyl groups excluding tert-OH is 1. The van der Waals surface area contributed by atoms with Crippen LogP contribution in [-0.4, -0.2) is 25.1 Å². The second-order valence-electron chi connectivity index (χ2n) is 5.35. The molecule has 1 unspecified atom stereocenters. The number of hydrogen-bond acceptors (Lipinski definition) is 6. The zero-order chi connectivity index (χ0) is 18.2. The van der Waals surface area contributed by atoms with Crippen LogP contribution >= 0.6 is 11.6 Å². The molecule has 2 aromatic carbocycles. The van der Waals surface area contributed by atoms with Crippen LogP contribution in [0, 0.1) is 10.1 Å². The number of sulfonamides is 1. The van der Waals surface area contributed by atoms with Gasteiger partial charge < -0.3 is 9.84 Å². The fraction of sp³-hybridized carbons (Fsp3) is 0.200. The fourth-order valence-electron chi connectivity index (χ4n) is 2.49. The highest BCUT2D eigenvalue weighted by Gasteiger charge is 2.26. The minimum Gasteiger partial charge on any atom is -0.491 e. The molecule has 0 amide bonds. The maximum absolute atomic E-state index is 12.6. The first kappa shape index (κ1) is 17.5. The number of nitrogens with one attached hydrogen (secondary N) is 1. The molecule has 0 aliphatic carbocycles. The van der Waals surface area contributed by atoms with Crippen molar-refractivity contribution in [2.75, 3.05) is 11.3 Å². The second kappa shape index (κ2) is 6.51. The van der Waals surface area contributed by atoms with Crippen LogP contribution in [0.2, 0.25) is 5.02 Å². The number of para-hydroxylation sites is 1. The van der Waals surface area contributed by atoms with E-state index in [0.717, 1.165) is 12.1 Å². The number of ether oxygens (including phenoxy) is 1. The van der Waals surface area contributed by atoms with E-state index in [1.54, 1.807) is 12.1 Å². The maximum atomic E-state index is 12.6. The molecule has 0 bridgehead atoms. The van der Waals surface area contributed by atoms with E-state index in [4.69, 9.17) is 16.3 Å². The molecule has 3 rings (SSSR count). The molecule has 0 fully saturated rings. The summed E-state index contributed by atoms with van der Waals surface area (Å²) in [5.74, 6) is 0.244. The molecule has 0 aromatic heterocycles. The molecule has 1 atom stereocenters. The van der Waals surface area contributed by atoms with Gasteiger partial charge in [-0.15, -0.1) is 0 Å². The van der Waals surface area contributed by atoms with Crippen LogP contribution in [0.15, 0.2) is 41.3 Å². The Bertz CT molecular complexity index is 947. The van der Waals surface area contributed by atoms with Crippen LogP contribution in [0.3, 0.4) is 0 Å². The number of benzene rings is 2. The van der Waals surface area contributed by atoms with E-state index in [9.17, 15) is 23.6 Å². The molecule has 2 N–H and O–H groups in total. The van der Waals surface area contributed by atoms with Crippen molar-refractivity contribution in [2.45, 2.75) is 17.4 Å². The molecule has 132 valence electrons. The van der Waals surface area contributed by atoms with Gasteiger partial charge in [0.05, 0.1) is 28.2 Å². The van der Waals surface area contributed by atoms with Gasteiger partial charge in [-0.1, -0.05) is 23.7 Å². The number of nitrogens with zero attached hydrogens (tertiary/aromatic N) is 1. The summed E-state index contributed by atoms with van der Waals surface area (Å²) in [6.45, 7) is 0.249. The molecule has 1 aliphatic heterocycles. The zero-order valence-corrected chi connectivity index (χ0v) is 14.2. The Kier molecular flexibility index (Phi) is 4.55. The summed E-state index contributed by atoms with van der Waals surface area (Å²) < 4.78 is 32.9. The zero-order valence-electron chi connectivity index (χ0n) is 12.7. The van der Waals surface area contributed by atoms with E-state index in [-0.39, 0.29) is 28.0 Å². The molecule has 25 heavy (non-hydrogen) atoms. The van der Waals surface area contributed by atoms with Crippen LogP contribution in [0.1, 0.15) is 18.1 Å². The minimum atomic E-state index is -4.11. The molecule has 1 aliphatic rings. The van der Waals surface area contributed by atoms with E-state index < -0.39 is 26.7 Å². The van der Waals surface area contributed by atoms with Crippen LogP contribution in [0.5, 0.6) is 5.75 Å². The minimum absolute atomic E-state index is 0.147. The Morgan fingerprint density at radius 1 is 1.32 bits per heavy atom. The van der Waals surface area contributed by atoms with Crippen molar-refractivity contribution in [3.05, 3.63) is 57.1 Å². The van der Waals surface area contributed by atoms with E-state index in [1.165, 1.54) is 12.1 Å². The Hall–Kier alpha value is -2.36. The number of nitro groups is 1. The third kappa shape index (κ3) is 3.39. The summed E-state index contributed by atoms with van der Waals surface area (Å²) in [7, 11) is -4.11. The van der Waals surface area contributed by atoms with Gasteiger partial charge in [0.15, 0.2) is 0 Å². The van der Waals surface area contributed by atoms with Gasteiger partial charge in [0.1, 0.15) is 10.8 Å². The van der Waals surface area contributed by atoms with E-state index in [0.29, 0.717) is 12.0 Å². The summed E-state index contributed by atoms with van der Waals surface area (Å²) in [5, 5.41) is 20.8. The fourth-order valence-corrected chi connectivity index (χ4v) is 3.76. The largest absolute Gasteiger partial charge is 0.491 e. The van der Waals surface area contributed by atoms with Crippen LogP contribution in [-0.2, 0) is 10.0 Å². The van der Waals surface area contributed by atoms with Crippen LogP contribution in [0.25, 0.3) is 0 Å². The molecular weight excluding hydrogens is 372 g/mol. The lowest BCUT2D eigenvalue weighted by Gasteiger charge is -2.24. The first-order valence-electron chi connectivity index (χ1n) is 7.20. The Balaban J connectivity index is 2.00. The maximum Gasteiger partial charge on any atom is 0.289 e. The quantitative estimate of drug-likeness (QED) is 0.618. The van der Waals surface area contributed by atoms with Gasteiger partial charge in [0.25, 0.3) is 15.7 Å². The van der Waals surface area contributed by atoms with Crippen molar-refractivity contribution in [3.63, 3.8) is 0 Å². The van der Waals surface area contributed by atoms with E-state index in [1.807, 2.05) is 0 Å². The first-order valence-corrected chi connectivity index (χ1v) is 9.06. The van der Waals surface area contributed by atoms with Gasteiger partial charge in [-0.05, 0) is 18.2 Å². The van der Waals surface area contributed by atoms with Gasteiger partial charge in [0, 0.05) is 18.1 Å². The van der Waals surface area contributed by atoms with Crippen LogP contribution in [0.4, 0.5) is 11.4 Å². The first-order chi connectivity index (χ1) is 11.8. The van der Waals surface area contributed by atoms with E-state index in [2.05, 4.69) is 4.72 Å². The average molecular weight is 385 g/mol. The summed E-state index contributed by atoms with van der Waals surface area (Å²) in [4.78, 5) is 9.88. The predicted molar refractivity (Wildman–Crippen MR) is 90.4 cm³/mol. The SMILES string of the molecule is O=[N+]([O-])c1cc(S(=O)(=O)Nc2cccc3c2OCCC3O)ccc1Cl. The molecule has 0 radical (unpaired) electrons. The topological polar surface area (TPSA) is 119 Å². The third-order valence-corrected chi connectivity index (χ3v) is 5.39. The number of rotatable bonds is 4. The Morgan fingerprint density at radius 2 is 2.08 bits per heavy atom. The number of hydrogen-bond donors (Lipinski definition) is 2.